The molecule has 1 unspecified atom stereocenters. The molecule has 1 atom stereocenters. The number of rotatable bonds is 6. The number of ketones is 1. The maximum atomic E-state index is 12.4. The number of hydrogen-bond donors (Lipinski definition) is 1. The minimum absolute atomic E-state index is 0.0114. The fourth-order valence-corrected chi connectivity index (χ4v) is 2.65. The summed E-state index contributed by atoms with van der Waals surface area (Å²) in [5, 5.41) is 2.75. The standard InChI is InChI=1S/C19H27N3O5/c1-6-27-17(24)16(23)13-10-20-15(22-8-7-12(11-22)26-5)9-14(13)21-18(25)19(2,3)4/h9-10,12H,6-8,11H2,1-5H3,(H,20,21,25). The number of Topliss-reactive ketones (excluding diaryl/α,β-unsaturated/α-hetero) is 1. The van der Waals surface area contributed by atoms with E-state index in [0.29, 0.717) is 12.4 Å². The second-order valence-corrected chi connectivity index (χ2v) is 7.43. The molecule has 1 aliphatic rings. The smallest absolute Gasteiger partial charge is 0.379 e. The zero-order valence-corrected chi connectivity index (χ0v) is 16.5. The van der Waals surface area contributed by atoms with Gasteiger partial charge < -0.3 is 19.7 Å². The SMILES string of the molecule is CCOC(=O)C(=O)c1cnc(N2CCC(OC)C2)cc1NC(=O)C(C)(C)C. The first-order chi connectivity index (χ1) is 12.7. The van der Waals surface area contributed by atoms with Gasteiger partial charge in [0.15, 0.2) is 0 Å². The topological polar surface area (TPSA) is 97.8 Å². The van der Waals surface area contributed by atoms with Crippen molar-refractivity contribution in [2.24, 2.45) is 5.41 Å². The van der Waals surface area contributed by atoms with Gasteiger partial charge in [0, 0.05) is 37.9 Å². The van der Waals surface area contributed by atoms with Gasteiger partial charge in [-0.3, -0.25) is 9.59 Å². The van der Waals surface area contributed by atoms with Crippen LogP contribution < -0.4 is 10.2 Å². The van der Waals surface area contributed by atoms with Gasteiger partial charge in [-0.15, -0.1) is 0 Å². The first kappa shape index (κ1) is 20.8. The summed E-state index contributed by atoms with van der Waals surface area (Å²) in [5.74, 6) is -1.47. The Labute approximate surface area is 159 Å². The number of amides is 1. The Hall–Kier alpha value is -2.48. The molecule has 0 radical (unpaired) electrons. The minimum atomic E-state index is -0.973. The number of carbonyl (C=O) groups is 3. The van der Waals surface area contributed by atoms with Gasteiger partial charge in [-0.05, 0) is 13.3 Å². The number of anilines is 2. The van der Waals surface area contributed by atoms with Crippen LogP contribution in [0.3, 0.4) is 0 Å². The van der Waals surface area contributed by atoms with E-state index in [1.807, 2.05) is 4.90 Å². The van der Waals surface area contributed by atoms with Crippen LogP contribution in [-0.2, 0) is 19.1 Å². The van der Waals surface area contributed by atoms with Gasteiger partial charge in [-0.1, -0.05) is 20.8 Å². The summed E-state index contributed by atoms with van der Waals surface area (Å²) in [6.45, 7) is 8.42. The summed E-state index contributed by atoms with van der Waals surface area (Å²) in [5.41, 5.74) is -0.404. The van der Waals surface area contributed by atoms with Crippen molar-refractivity contribution in [3.8, 4) is 0 Å². The van der Waals surface area contributed by atoms with E-state index in [9.17, 15) is 14.4 Å². The molecule has 0 spiro atoms. The number of methoxy groups -OCH3 is 1. The number of nitrogens with one attached hydrogen (secondary N) is 1. The Balaban J connectivity index is 2.36. The highest BCUT2D eigenvalue weighted by Crippen LogP contribution is 2.27. The molecule has 1 amide bonds. The summed E-state index contributed by atoms with van der Waals surface area (Å²) in [4.78, 5) is 43.1. The number of pyridine rings is 1. The van der Waals surface area contributed by atoms with Crippen molar-refractivity contribution in [3.63, 3.8) is 0 Å². The van der Waals surface area contributed by atoms with Crippen molar-refractivity contribution >= 4 is 29.2 Å². The maximum Gasteiger partial charge on any atom is 0.379 e. The van der Waals surface area contributed by atoms with Crippen LogP contribution >= 0.6 is 0 Å². The predicted molar refractivity (Wildman–Crippen MR) is 101 cm³/mol. The molecular formula is C19H27N3O5. The number of ether oxygens (including phenoxy) is 2. The molecule has 8 heteroatoms. The fraction of sp³-hybridized carbons (Fsp3) is 0.579. The van der Waals surface area contributed by atoms with Gasteiger partial charge in [0.25, 0.3) is 5.78 Å². The minimum Gasteiger partial charge on any atom is -0.460 e. The molecule has 1 saturated heterocycles. The molecule has 1 aliphatic heterocycles. The molecule has 0 saturated carbocycles. The lowest BCUT2D eigenvalue weighted by Crippen LogP contribution is -2.30. The second kappa shape index (κ2) is 8.47. The van der Waals surface area contributed by atoms with Crippen molar-refractivity contribution in [2.45, 2.75) is 40.2 Å². The van der Waals surface area contributed by atoms with E-state index in [2.05, 4.69) is 10.3 Å². The maximum absolute atomic E-state index is 12.4. The zero-order valence-electron chi connectivity index (χ0n) is 16.5. The second-order valence-electron chi connectivity index (χ2n) is 7.43. The lowest BCUT2D eigenvalue weighted by atomic mass is 9.95. The van der Waals surface area contributed by atoms with Crippen LogP contribution in [-0.4, -0.2) is 55.6 Å². The third kappa shape index (κ3) is 5.03. The number of nitrogens with zero attached hydrogens (tertiary/aromatic N) is 2. The molecule has 1 N–H and O–H groups in total. The zero-order chi connectivity index (χ0) is 20.2. The third-order valence-corrected chi connectivity index (χ3v) is 4.33. The average Bonchev–Trinajstić information content (AvgIpc) is 3.09. The summed E-state index contributed by atoms with van der Waals surface area (Å²) >= 11 is 0. The molecule has 27 heavy (non-hydrogen) atoms. The Morgan fingerprint density at radius 2 is 2.04 bits per heavy atom. The lowest BCUT2D eigenvalue weighted by molar-refractivity contribution is -0.137. The Morgan fingerprint density at radius 1 is 1.33 bits per heavy atom. The highest BCUT2D eigenvalue weighted by atomic mass is 16.5. The summed E-state index contributed by atoms with van der Waals surface area (Å²) in [7, 11) is 1.66. The molecule has 1 aromatic heterocycles. The van der Waals surface area contributed by atoms with Crippen LogP contribution in [0.1, 0.15) is 44.5 Å². The van der Waals surface area contributed by atoms with Crippen molar-refractivity contribution in [3.05, 3.63) is 17.8 Å². The molecule has 2 heterocycles. The van der Waals surface area contributed by atoms with Crippen LogP contribution in [0.15, 0.2) is 12.3 Å². The van der Waals surface area contributed by atoms with Gasteiger partial charge in [-0.25, -0.2) is 9.78 Å². The number of aromatic nitrogens is 1. The highest BCUT2D eigenvalue weighted by molar-refractivity contribution is 6.42. The lowest BCUT2D eigenvalue weighted by Gasteiger charge is -2.22. The molecule has 1 aromatic rings. The van der Waals surface area contributed by atoms with Gasteiger partial charge in [0.05, 0.1) is 24.0 Å². The molecular weight excluding hydrogens is 350 g/mol. The highest BCUT2D eigenvalue weighted by Gasteiger charge is 2.29. The summed E-state index contributed by atoms with van der Waals surface area (Å²) < 4.78 is 10.2. The fourth-order valence-electron chi connectivity index (χ4n) is 2.65. The molecule has 8 nitrogen and oxygen atoms in total. The third-order valence-electron chi connectivity index (χ3n) is 4.33. The number of esters is 1. The molecule has 1 fully saturated rings. The van der Waals surface area contributed by atoms with E-state index in [1.54, 1.807) is 40.9 Å². The Bertz CT molecular complexity index is 727. The first-order valence-electron chi connectivity index (χ1n) is 8.98. The van der Waals surface area contributed by atoms with Crippen molar-refractivity contribution < 1.29 is 23.9 Å². The van der Waals surface area contributed by atoms with Gasteiger partial charge in [-0.2, -0.15) is 0 Å². The first-order valence-corrected chi connectivity index (χ1v) is 8.98. The summed E-state index contributed by atoms with van der Waals surface area (Å²) in [6, 6.07) is 1.62. The van der Waals surface area contributed by atoms with Crippen LogP contribution in [0.5, 0.6) is 0 Å². The number of carbonyl (C=O) groups excluding carboxylic acids is 3. The monoisotopic (exact) mass is 377 g/mol. The van der Waals surface area contributed by atoms with Gasteiger partial charge in [0.2, 0.25) is 5.91 Å². The van der Waals surface area contributed by atoms with E-state index >= 15 is 0 Å². The van der Waals surface area contributed by atoms with Crippen molar-refractivity contribution in [1.82, 2.24) is 4.98 Å². The molecule has 0 bridgehead atoms. The van der Waals surface area contributed by atoms with Gasteiger partial charge in [0.1, 0.15) is 5.82 Å². The van der Waals surface area contributed by atoms with E-state index in [1.165, 1.54) is 6.20 Å². The molecule has 2 rings (SSSR count). The van der Waals surface area contributed by atoms with Crippen LogP contribution in [0.2, 0.25) is 0 Å². The van der Waals surface area contributed by atoms with Crippen molar-refractivity contribution in [2.75, 3.05) is 37.0 Å². The van der Waals surface area contributed by atoms with E-state index in [4.69, 9.17) is 9.47 Å². The van der Waals surface area contributed by atoms with Crippen LogP contribution in [0.4, 0.5) is 11.5 Å². The Kier molecular flexibility index (Phi) is 6.54. The normalized spacial score (nSPS) is 16.9. The van der Waals surface area contributed by atoms with Crippen molar-refractivity contribution in [1.29, 1.82) is 0 Å². The van der Waals surface area contributed by atoms with Gasteiger partial charge >= 0.3 is 5.97 Å². The molecule has 0 aliphatic carbocycles. The quantitative estimate of drug-likeness (QED) is 0.460. The molecule has 148 valence electrons. The Morgan fingerprint density at radius 3 is 2.59 bits per heavy atom. The van der Waals surface area contributed by atoms with Crippen LogP contribution in [0, 0.1) is 5.41 Å². The summed E-state index contributed by atoms with van der Waals surface area (Å²) in [6.07, 6.45) is 2.29. The van der Waals surface area contributed by atoms with E-state index in [-0.39, 0.29) is 29.9 Å². The average molecular weight is 377 g/mol. The molecule has 0 aromatic carbocycles. The largest absolute Gasteiger partial charge is 0.460 e. The number of hydrogen-bond acceptors (Lipinski definition) is 7. The predicted octanol–water partition coefficient (Wildman–Crippen LogP) is 2.04. The van der Waals surface area contributed by atoms with E-state index < -0.39 is 17.2 Å². The van der Waals surface area contributed by atoms with Crippen LogP contribution in [0.25, 0.3) is 0 Å². The van der Waals surface area contributed by atoms with E-state index in [0.717, 1.165) is 13.0 Å².